The second kappa shape index (κ2) is 8.22. The van der Waals surface area contributed by atoms with Crippen molar-refractivity contribution in [2.45, 2.75) is 95.0 Å². The Hall–Kier alpha value is -1.13. The Balaban J connectivity index is 1.74. The van der Waals surface area contributed by atoms with Gasteiger partial charge in [-0.1, -0.05) is 58.0 Å². The zero-order valence-electron chi connectivity index (χ0n) is 20.4. The van der Waals surface area contributed by atoms with Crippen LogP contribution in [-0.4, -0.2) is 72.1 Å². The molecule has 3 fully saturated rings. The molecule has 1 aliphatic heterocycles. The summed E-state index contributed by atoms with van der Waals surface area (Å²) in [5.74, 6) is -1.55. The van der Waals surface area contributed by atoms with Crippen molar-refractivity contribution in [3.05, 3.63) is 35.9 Å². The number of Topliss-reactive ketones (excluding diaryl/α,β-unsaturated/α-hetero) is 1. The fourth-order valence-electron chi connectivity index (χ4n) is 5.64. The van der Waals surface area contributed by atoms with Crippen molar-refractivity contribution in [3.8, 4) is 0 Å². The molecule has 8 atom stereocenters. The van der Waals surface area contributed by atoms with Gasteiger partial charge in [-0.25, -0.2) is 0 Å². The summed E-state index contributed by atoms with van der Waals surface area (Å²) in [7, 11) is -2.28. The lowest BCUT2D eigenvalue weighted by Crippen LogP contribution is -2.81. The van der Waals surface area contributed by atoms with E-state index >= 15 is 0 Å². The van der Waals surface area contributed by atoms with Gasteiger partial charge >= 0.3 is 0 Å². The number of fused-ring (bicyclic) bond motifs is 3. The van der Waals surface area contributed by atoms with E-state index in [2.05, 4.69) is 33.9 Å². The van der Waals surface area contributed by atoms with Crippen LogP contribution in [0.25, 0.3) is 0 Å². The summed E-state index contributed by atoms with van der Waals surface area (Å²) in [6.45, 7) is 13.0. The molecule has 2 saturated carbocycles. The number of hydrogen-bond acceptors (Lipinski definition) is 7. The first-order valence-corrected chi connectivity index (χ1v) is 14.7. The minimum atomic E-state index is -2.28. The molecule has 184 valence electrons. The van der Waals surface area contributed by atoms with E-state index in [1.54, 1.807) is 0 Å². The van der Waals surface area contributed by atoms with Crippen molar-refractivity contribution in [3.63, 3.8) is 0 Å². The first kappa shape index (κ1) is 25.0. The van der Waals surface area contributed by atoms with Crippen LogP contribution in [0.2, 0.25) is 18.1 Å². The predicted octanol–water partition coefficient (Wildman–Crippen LogP) is 2.42. The summed E-state index contributed by atoms with van der Waals surface area (Å²) in [5, 5.41) is 33.0. The lowest BCUT2D eigenvalue weighted by atomic mass is 9.49. The van der Waals surface area contributed by atoms with E-state index in [9.17, 15) is 20.1 Å². The topological polar surface area (TPSA) is 105 Å². The van der Waals surface area contributed by atoms with Crippen LogP contribution in [0.3, 0.4) is 0 Å². The van der Waals surface area contributed by atoms with E-state index in [4.69, 9.17) is 13.9 Å². The van der Waals surface area contributed by atoms with Crippen LogP contribution in [0.4, 0.5) is 0 Å². The first-order valence-electron chi connectivity index (χ1n) is 11.8. The highest BCUT2D eigenvalue weighted by Crippen LogP contribution is 2.60. The number of aliphatic hydroxyl groups is 3. The molecule has 1 saturated heterocycles. The molecule has 0 bridgehead atoms. The Morgan fingerprint density at radius 3 is 2.30 bits per heavy atom. The van der Waals surface area contributed by atoms with E-state index in [1.165, 1.54) is 0 Å². The molecule has 3 aliphatic rings. The van der Waals surface area contributed by atoms with Crippen molar-refractivity contribution < 1.29 is 34.0 Å². The highest BCUT2D eigenvalue weighted by atomic mass is 28.4. The number of ketones is 1. The number of carbonyl (C=O) groups is 1. The van der Waals surface area contributed by atoms with Gasteiger partial charge < -0.3 is 29.2 Å². The minimum Gasteiger partial charge on any atom is -0.413 e. The van der Waals surface area contributed by atoms with Crippen molar-refractivity contribution in [2.24, 2.45) is 11.3 Å². The average Bonchev–Trinajstić information content (AvgIpc) is 2.74. The largest absolute Gasteiger partial charge is 0.413 e. The molecular weight excluding hydrogens is 440 g/mol. The summed E-state index contributed by atoms with van der Waals surface area (Å²) in [6, 6.07) is 9.70. The molecule has 0 amide bonds. The molecule has 0 aromatic heterocycles. The molecule has 0 unspecified atom stereocenters. The summed E-state index contributed by atoms with van der Waals surface area (Å²) >= 11 is 0. The van der Waals surface area contributed by atoms with Gasteiger partial charge in [0.15, 0.2) is 14.1 Å². The molecule has 7 nitrogen and oxygen atoms in total. The standard InChI is InChI=1S/C25H38O7Si/c1-23(2,3)33(5,6)32-16-12-17-25(14-30-17,31-13-15-10-8-7-9-11-15)21-19(27)18(26)20(28)22(29)24(16,21)4/h7-11,16-17,19-22,27-29H,12-14H2,1-6H3/t16-,17+,19+,20-,21-,22-,24+,25-/m0/s1. The third kappa shape index (κ3) is 3.75. The molecule has 2 aliphatic carbocycles. The number of ether oxygens (including phenoxy) is 2. The molecule has 8 heteroatoms. The number of hydrogen-bond donors (Lipinski definition) is 3. The van der Waals surface area contributed by atoms with Gasteiger partial charge in [0.1, 0.15) is 17.8 Å². The summed E-state index contributed by atoms with van der Waals surface area (Å²) in [6.07, 6.45) is -4.96. The highest BCUT2D eigenvalue weighted by Gasteiger charge is 2.74. The lowest BCUT2D eigenvalue weighted by molar-refractivity contribution is -0.363. The fraction of sp³-hybridized carbons (Fsp3) is 0.720. The van der Waals surface area contributed by atoms with E-state index in [-0.39, 0.29) is 17.7 Å². The fourth-order valence-corrected chi connectivity index (χ4v) is 7.05. The van der Waals surface area contributed by atoms with Crippen molar-refractivity contribution in [2.75, 3.05) is 6.61 Å². The Morgan fingerprint density at radius 2 is 1.76 bits per heavy atom. The van der Waals surface area contributed by atoms with Gasteiger partial charge in [-0.05, 0) is 23.7 Å². The Morgan fingerprint density at radius 1 is 1.12 bits per heavy atom. The van der Waals surface area contributed by atoms with Crippen molar-refractivity contribution in [1.82, 2.24) is 0 Å². The third-order valence-electron chi connectivity index (χ3n) is 8.80. The van der Waals surface area contributed by atoms with Gasteiger partial charge in [-0.3, -0.25) is 4.79 Å². The Labute approximate surface area is 197 Å². The smallest absolute Gasteiger partial charge is 0.192 e. The monoisotopic (exact) mass is 478 g/mol. The highest BCUT2D eigenvalue weighted by molar-refractivity contribution is 6.74. The minimum absolute atomic E-state index is 0.0790. The predicted molar refractivity (Wildman–Crippen MR) is 125 cm³/mol. The van der Waals surface area contributed by atoms with Crippen LogP contribution in [0, 0.1) is 11.3 Å². The van der Waals surface area contributed by atoms with E-state index < -0.39 is 55.5 Å². The maximum atomic E-state index is 12.8. The van der Waals surface area contributed by atoms with Crippen LogP contribution in [0.5, 0.6) is 0 Å². The van der Waals surface area contributed by atoms with Crippen molar-refractivity contribution in [1.29, 1.82) is 0 Å². The molecule has 1 heterocycles. The number of rotatable bonds is 5. The maximum Gasteiger partial charge on any atom is 0.192 e. The van der Waals surface area contributed by atoms with Crippen LogP contribution in [0.1, 0.15) is 39.7 Å². The second-order valence-corrected chi connectivity index (χ2v) is 16.5. The molecule has 3 N–H and O–H groups in total. The zero-order valence-corrected chi connectivity index (χ0v) is 21.4. The Bertz CT molecular complexity index is 884. The van der Waals surface area contributed by atoms with Gasteiger partial charge in [-0.15, -0.1) is 0 Å². The number of benzene rings is 1. The van der Waals surface area contributed by atoms with Crippen LogP contribution >= 0.6 is 0 Å². The van der Waals surface area contributed by atoms with Gasteiger partial charge in [0.2, 0.25) is 0 Å². The van der Waals surface area contributed by atoms with Gasteiger partial charge in [0.25, 0.3) is 0 Å². The quantitative estimate of drug-likeness (QED) is 0.558. The van der Waals surface area contributed by atoms with Crippen molar-refractivity contribution >= 4 is 14.1 Å². The van der Waals surface area contributed by atoms with Gasteiger partial charge in [0.05, 0.1) is 31.5 Å². The molecule has 4 rings (SSSR count). The third-order valence-corrected chi connectivity index (χ3v) is 13.3. The molecular formula is C25H38O7Si. The van der Waals surface area contributed by atoms with Crippen LogP contribution in [0.15, 0.2) is 30.3 Å². The SMILES string of the molecule is CC(C)(C)[Si](C)(C)O[C@H]1C[C@H]2OC[C@@]2(OCc2ccccc2)[C@H]2[C@H](O)C(=O)[C@H](O)[C@H](O)[C@]12C. The van der Waals surface area contributed by atoms with E-state index in [0.29, 0.717) is 13.0 Å². The summed E-state index contributed by atoms with van der Waals surface area (Å²) in [5.41, 5.74) is -1.08. The first-order chi connectivity index (χ1) is 15.3. The zero-order chi connectivity index (χ0) is 24.4. The molecule has 1 aromatic carbocycles. The molecule has 33 heavy (non-hydrogen) atoms. The summed E-state index contributed by atoms with van der Waals surface area (Å²) < 4.78 is 19.2. The van der Waals surface area contributed by atoms with E-state index in [0.717, 1.165) is 5.56 Å². The van der Waals surface area contributed by atoms with Crippen LogP contribution < -0.4 is 0 Å². The number of aliphatic hydroxyl groups excluding tert-OH is 3. The second-order valence-electron chi connectivity index (χ2n) is 11.7. The molecule has 1 aromatic rings. The van der Waals surface area contributed by atoms with E-state index in [1.807, 2.05) is 37.3 Å². The molecule has 0 spiro atoms. The maximum absolute atomic E-state index is 12.8. The molecule has 0 radical (unpaired) electrons. The van der Waals surface area contributed by atoms with Gasteiger partial charge in [-0.2, -0.15) is 0 Å². The van der Waals surface area contributed by atoms with Crippen LogP contribution in [-0.2, 0) is 25.3 Å². The Kier molecular flexibility index (Phi) is 6.22. The summed E-state index contributed by atoms with van der Waals surface area (Å²) in [4.78, 5) is 12.8. The average molecular weight is 479 g/mol. The van der Waals surface area contributed by atoms with Gasteiger partial charge in [0, 0.05) is 17.8 Å². The number of carbonyl (C=O) groups excluding carboxylic acids is 1. The lowest BCUT2D eigenvalue weighted by Gasteiger charge is -2.67. The normalized spacial score (nSPS) is 41.2.